The molecule has 110 valence electrons. The van der Waals surface area contributed by atoms with Crippen molar-refractivity contribution in [2.75, 3.05) is 53.0 Å². The zero-order valence-corrected chi connectivity index (χ0v) is 12.7. The van der Waals surface area contributed by atoms with Crippen molar-refractivity contribution in [2.45, 2.75) is 33.6 Å². The second-order valence-corrected chi connectivity index (χ2v) is 5.41. The summed E-state index contributed by atoms with van der Waals surface area (Å²) in [5, 5.41) is 12.1. The molecular weight excluding hydrogens is 228 g/mol. The number of aliphatic hydroxyl groups excluding tert-OH is 1. The van der Waals surface area contributed by atoms with E-state index in [-0.39, 0.29) is 6.61 Å². The van der Waals surface area contributed by atoms with Crippen molar-refractivity contribution < 1.29 is 9.84 Å². The summed E-state index contributed by atoms with van der Waals surface area (Å²) in [4.78, 5) is 2.32. The molecule has 0 aliphatic heterocycles. The van der Waals surface area contributed by atoms with E-state index in [1.54, 1.807) is 0 Å². The standard InChI is InChI=1S/C14H32N2O2/c1-5-7-14(3,12-15-6-2)13-16(4)8-10-18-11-9-17/h15,17H,5-13H2,1-4H3. The molecule has 4 nitrogen and oxygen atoms in total. The van der Waals surface area contributed by atoms with Crippen molar-refractivity contribution in [3.63, 3.8) is 0 Å². The van der Waals surface area contributed by atoms with Crippen molar-refractivity contribution in [1.82, 2.24) is 10.2 Å². The van der Waals surface area contributed by atoms with Gasteiger partial charge in [-0.3, -0.25) is 0 Å². The highest BCUT2D eigenvalue weighted by atomic mass is 16.5. The van der Waals surface area contributed by atoms with Gasteiger partial charge in [0.15, 0.2) is 0 Å². The van der Waals surface area contributed by atoms with E-state index in [1.165, 1.54) is 12.8 Å². The maximum Gasteiger partial charge on any atom is 0.0698 e. The number of rotatable bonds is 12. The van der Waals surface area contributed by atoms with Gasteiger partial charge in [-0.1, -0.05) is 27.2 Å². The fourth-order valence-electron chi connectivity index (χ4n) is 2.37. The largest absolute Gasteiger partial charge is 0.394 e. The predicted molar refractivity (Wildman–Crippen MR) is 77.0 cm³/mol. The van der Waals surface area contributed by atoms with E-state index in [4.69, 9.17) is 9.84 Å². The van der Waals surface area contributed by atoms with E-state index in [0.29, 0.717) is 18.6 Å². The SMILES string of the molecule is CCCC(C)(CNCC)CN(C)CCOCCO. The van der Waals surface area contributed by atoms with Crippen LogP contribution in [-0.2, 0) is 4.74 Å². The normalized spacial score (nSPS) is 15.0. The van der Waals surface area contributed by atoms with E-state index < -0.39 is 0 Å². The van der Waals surface area contributed by atoms with Crippen LogP contribution in [0.3, 0.4) is 0 Å². The number of likely N-dealkylation sites (N-methyl/N-ethyl adjacent to an activating group) is 1. The summed E-state index contributed by atoms with van der Waals surface area (Å²) in [7, 11) is 2.14. The first-order chi connectivity index (χ1) is 8.58. The van der Waals surface area contributed by atoms with Gasteiger partial charge in [0.2, 0.25) is 0 Å². The van der Waals surface area contributed by atoms with Crippen LogP contribution in [0.1, 0.15) is 33.6 Å². The molecule has 0 bridgehead atoms. The average Bonchev–Trinajstić information content (AvgIpc) is 2.32. The summed E-state index contributed by atoms with van der Waals surface area (Å²) in [5.41, 5.74) is 0.330. The Morgan fingerprint density at radius 2 is 2.00 bits per heavy atom. The van der Waals surface area contributed by atoms with Crippen molar-refractivity contribution in [2.24, 2.45) is 5.41 Å². The fraction of sp³-hybridized carbons (Fsp3) is 1.00. The molecule has 0 amide bonds. The third-order valence-corrected chi connectivity index (χ3v) is 3.16. The van der Waals surface area contributed by atoms with Crippen molar-refractivity contribution in [1.29, 1.82) is 0 Å². The van der Waals surface area contributed by atoms with Crippen LogP contribution >= 0.6 is 0 Å². The molecule has 4 heteroatoms. The molecule has 0 aromatic heterocycles. The lowest BCUT2D eigenvalue weighted by molar-refractivity contribution is 0.0685. The van der Waals surface area contributed by atoms with Crippen LogP contribution in [0.5, 0.6) is 0 Å². The van der Waals surface area contributed by atoms with Gasteiger partial charge >= 0.3 is 0 Å². The average molecular weight is 260 g/mol. The number of hydrogen-bond donors (Lipinski definition) is 2. The number of ether oxygens (including phenoxy) is 1. The van der Waals surface area contributed by atoms with E-state index in [1.807, 2.05) is 0 Å². The van der Waals surface area contributed by atoms with Crippen molar-refractivity contribution in [3.8, 4) is 0 Å². The Hall–Kier alpha value is -0.160. The Morgan fingerprint density at radius 1 is 1.28 bits per heavy atom. The highest BCUT2D eigenvalue weighted by Crippen LogP contribution is 2.23. The molecule has 2 N–H and O–H groups in total. The Balaban J connectivity index is 3.97. The highest BCUT2D eigenvalue weighted by molar-refractivity contribution is 4.79. The minimum atomic E-state index is 0.109. The van der Waals surface area contributed by atoms with Crippen LogP contribution in [-0.4, -0.2) is 63.1 Å². The Bertz CT molecular complexity index is 191. The summed E-state index contributed by atoms with van der Waals surface area (Å²) in [6.45, 7) is 12.1. The van der Waals surface area contributed by atoms with E-state index in [9.17, 15) is 0 Å². The van der Waals surface area contributed by atoms with Crippen LogP contribution in [0, 0.1) is 5.41 Å². The lowest BCUT2D eigenvalue weighted by Crippen LogP contribution is -2.42. The lowest BCUT2D eigenvalue weighted by Gasteiger charge is -2.34. The van der Waals surface area contributed by atoms with Gasteiger partial charge < -0.3 is 20.1 Å². The minimum absolute atomic E-state index is 0.109. The van der Waals surface area contributed by atoms with Crippen LogP contribution in [0.15, 0.2) is 0 Å². The molecule has 0 heterocycles. The molecule has 0 aliphatic carbocycles. The first kappa shape index (κ1) is 17.8. The zero-order valence-electron chi connectivity index (χ0n) is 12.7. The number of aliphatic hydroxyl groups is 1. The molecule has 0 rings (SSSR count). The summed E-state index contributed by atoms with van der Waals surface area (Å²) < 4.78 is 5.30. The van der Waals surface area contributed by atoms with Gasteiger partial charge in [0.05, 0.1) is 19.8 Å². The second kappa shape index (κ2) is 10.7. The molecule has 1 atom stereocenters. The third-order valence-electron chi connectivity index (χ3n) is 3.16. The van der Waals surface area contributed by atoms with Crippen molar-refractivity contribution in [3.05, 3.63) is 0 Å². The molecule has 0 saturated heterocycles. The zero-order chi connectivity index (χ0) is 13.9. The summed E-state index contributed by atoms with van der Waals surface area (Å²) in [6, 6.07) is 0. The highest BCUT2D eigenvalue weighted by Gasteiger charge is 2.24. The molecule has 0 radical (unpaired) electrons. The third kappa shape index (κ3) is 8.86. The first-order valence-electron chi connectivity index (χ1n) is 7.16. The number of nitrogens with zero attached hydrogens (tertiary/aromatic N) is 1. The van der Waals surface area contributed by atoms with Gasteiger partial charge in [0, 0.05) is 19.6 Å². The monoisotopic (exact) mass is 260 g/mol. The van der Waals surface area contributed by atoms with Gasteiger partial charge in [-0.05, 0) is 25.4 Å². The Kier molecular flexibility index (Phi) is 10.6. The van der Waals surface area contributed by atoms with Crippen molar-refractivity contribution >= 4 is 0 Å². The molecule has 0 saturated carbocycles. The molecule has 0 spiro atoms. The lowest BCUT2D eigenvalue weighted by atomic mass is 9.85. The summed E-state index contributed by atoms with van der Waals surface area (Å²) in [6.07, 6.45) is 2.46. The van der Waals surface area contributed by atoms with Crippen LogP contribution in [0.2, 0.25) is 0 Å². The Morgan fingerprint density at radius 3 is 2.56 bits per heavy atom. The topological polar surface area (TPSA) is 44.7 Å². The van der Waals surface area contributed by atoms with E-state index in [0.717, 1.165) is 26.2 Å². The Labute approximate surface area is 113 Å². The maximum atomic E-state index is 8.64. The van der Waals surface area contributed by atoms with Gasteiger partial charge in [0.25, 0.3) is 0 Å². The molecule has 0 aliphatic rings. The molecule has 0 fully saturated rings. The number of nitrogens with one attached hydrogen (secondary N) is 1. The van der Waals surface area contributed by atoms with Gasteiger partial charge in [-0.25, -0.2) is 0 Å². The van der Waals surface area contributed by atoms with E-state index in [2.05, 4.69) is 38.0 Å². The molecule has 18 heavy (non-hydrogen) atoms. The van der Waals surface area contributed by atoms with Crippen LogP contribution in [0.4, 0.5) is 0 Å². The first-order valence-corrected chi connectivity index (χ1v) is 7.16. The smallest absolute Gasteiger partial charge is 0.0698 e. The predicted octanol–water partition coefficient (Wildman–Crippen LogP) is 1.34. The quantitative estimate of drug-likeness (QED) is 0.520. The van der Waals surface area contributed by atoms with Crippen LogP contribution < -0.4 is 5.32 Å². The molecule has 0 aromatic rings. The second-order valence-electron chi connectivity index (χ2n) is 5.41. The fourth-order valence-corrected chi connectivity index (χ4v) is 2.37. The van der Waals surface area contributed by atoms with Gasteiger partial charge in [-0.2, -0.15) is 0 Å². The summed E-state index contributed by atoms with van der Waals surface area (Å²) >= 11 is 0. The molecule has 1 unspecified atom stereocenters. The molecular formula is C14H32N2O2. The van der Waals surface area contributed by atoms with Gasteiger partial charge in [0.1, 0.15) is 0 Å². The minimum Gasteiger partial charge on any atom is -0.394 e. The summed E-state index contributed by atoms with van der Waals surface area (Å²) in [5.74, 6) is 0. The van der Waals surface area contributed by atoms with Gasteiger partial charge in [-0.15, -0.1) is 0 Å². The maximum absolute atomic E-state index is 8.64. The van der Waals surface area contributed by atoms with Crippen LogP contribution in [0.25, 0.3) is 0 Å². The molecule has 0 aromatic carbocycles. The number of hydrogen-bond acceptors (Lipinski definition) is 4. The van der Waals surface area contributed by atoms with E-state index >= 15 is 0 Å².